The number of esters is 1. The molecular formula is C21H18Cl2N2O5. The lowest BCUT2D eigenvalue weighted by Crippen LogP contribution is -2.29. The van der Waals surface area contributed by atoms with Crippen LogP contribution in [-0.4, -0.2) is 31.7 Å². The van der Waals surface area contributed by atoms with Crippen LogP contribution in [0.25, 0.3) is 6.08 Å². The predicted octanol–water partition coefficient (Wildman–Crippen LogP) is 4.49. The topological polar surface area (TPSA) is 97.7 Å². The number of rotatable bonds is 8. The number of nitriles is 1. The molecule has 0 saturated carbocycles. The maximum absolute atomic E-state index is 12.2. The van der Waals surface area contributed by atoms with Crippen molar-refractivity contribution in [2.24, 2.45) is 0 Å². The average Bonchev–Trinajstić information content (AvgIpc) is 2.70. The number of hydrogen-bond acceptors (Lipinski definition) is 6. The van der Waals surface area contributed by atoms with Gasteiger partial charge in [-0.1, -0.05) is 29.3 Å². The van der Waals surface area contributed by atoms with Gasteiger partial charge in [0, 0.05) is 21.8 Å². The van der Waals surface area contributed by atoms with Crippen LogP contribution in [0.4, 0.5) is 5.69 Å². The third-order valence-electron chi connectivity index (χ3n) is 3.68. The van der Waals surface area contributed by atoms with Crippen molar-refractivity contribution in [1.82, 2.24) is 0 Å². The first-order valence-corrected chi connectivity index (χ1v) is 9.41. The molecule has 0 aromatic heterocycles. The Labute approximate surface area is 183 Å². The summed E-state index contributed by atoms with van der Waals surface area (Å²) in [5.41, 5.74) is 1.03. The van der Waals surface area contributed by atoms with E-state index in [9.17, 15) is 9.59 Å². The molecule has 1 unspecified atom stereocenters. The fourth-order valence-electron chi connectivity index (χ4n) is 2.32. The zero-order valence-electron chi connectivity index (χ0n) is 16.1. The summed E-state index contributed by atoms with van der Waals surface area (Å²) < 4.78 is 15.5. The summed E-state index contributed by atoms with van der Waals surface area (Å²) in [6.45, 7) is 1.33. The van der Waals surface area contributed by atoms with E-state index in [2.05, 4.69) is 5.32 Å². The molecule has 0 spiro atoms. The summed E-state index contributed by atoms with van der Waals surface area (Å²) >= 11 is 11.8. The van der Waals surface area contributed by atoms with E-state index in [0.717, 1.165) is 0 Å². The van der Waals surface area contributed by atoms with Gasteiger partial charge in [0.1, 0.15) is 6.07 Å². The van der Waals surface area contributed by atoms with Crippen molar-refractivity contribution in [3.8, 4) is 17.6 Å². The minimum absolute atomic E-state index is 0.112. The fourth-order valence-corrected chi connectivity index (χ4v) is 2.84. The summed E-state index contributed by atoms with van der Waals surface area (Å²) in [6.07, 6.45) is 1.64. The van der Waals surface area contributed by atoms with Gasteiger partial charge in [0.2, 0.25) is 0 Å². The minimum Gasteiger partial charge on any atom is -0.493 e. The number of carbonyl (C=O) groups is 2. The molecule has 1 atom stereocenters. The lowest BCUT2D eigenvalue weighted by Gasteiger charge is -2.13. The number of halogens is 2. The summed E-state index contributed by atoms with van der Waals surface area (Å²) in [5.74, 6) is -0.416. The molecule has 2 aromatic rings. The Bertz CT molecular complexity index is 981. The van der Waals surface area contributed by atoms with Gasteiger partial charge in [-0.15, -0.1) is 0 Å². The number of carbonyl (C=O) groups excluding carboxylic acids is 2. The van der Waals surface area contributed by atoms with E-state index in [1.807, 2.05) is 6.07 Å². The van der Waals surface area contributed by atoms with Gasteiger partial charge < -0.3 is 19.5 Å². The van der Waals surface area contributed by atoms with Crippen LogP contribution in [-0.2, 0) is 14.3 Å². The van der Waals surface area contributed by atoms with E-state index >= 15 is 0 Å². The highest BCUT2D eigenvalue weighted by Crippen LogP contribution is 2.28. The lowest BCUT2D eigenvalue weighted by atomic mass is 10.2. The monoisotopic (exact) mass is 448 g/mol. The summed E-state index contributed by atoms with van der Waals surface area (Å²) in [7, 11) is 1.46. The smallest absolute Gasteiger partial charge is 0.331 e. The molecule has 0 saturated heterocycles. The summed E-state index contributed by atoms with van der Waals surface area (Å²) in [5, 5.41) is 11.9. The molecule has 1 amide bonds. The van der Waals surface area contributed by atoms with Gasteiger partial charge in [-0.3, -0.25) is 4.79 Å². The van der Waals surface area contributed by atoms with Gasteiger partial charge in [-0.25, -0.2) is 4.79 Å². The molecule has 1 N–H and O–H groups in total. The van der Waals surface area contributed by atoms with E-state index in [4.69, 9.17) is 42.7 Å². The first kappa shape index (κ1) is 23.1. The van der Waals surface area contributed by atoms with Crippen molar-refractivity contribution in [3.63, 3.8) is 0 Å². The Morgan fingerprint density at radius 1 is 1.17 bits per heavy atom. The number of ether oxygens (including phenoxy) is 3. The number of nitrogens with zero attached hydrogens (tertiary/aromatic N) is 1. The van der Waals surface area contributed by atoms with E-state index in [1.165, 1.54) is 44.4 Å². The maximum Gasteiger partial charge on any atom is 0.331 e. The third-order valence-corrected chi connectivity index (χ3v) is 4.12. The Morgan fingerprint density at radius 2 is 1.87 bits per heavy atom. The van der Waals surface area contributed by atoms with Gasteiger partial charge in [-0.05, 0) is 48.9 Å². The Morgan fingerprint density at radius 3 is 2.50 bits per heavy atom. The number of hydrogen-bond donors (Lipinski definition) is 1. The van der Waals surface area contributed by atoms with Crippen LogP contribution < -0.4 is 14.8 Å². The predicted molar refractivity (Wildman–Crippen MR) is 114 cm³/mol. The second-order valence-electron chi connectivity index (χ2n) is 5.92. The van der Waals surface area contributed by atoms with Crippen LogP contribution in [0.3, 0.4) is 0 Å². The van der Waals surface area contributed by atoms with Crippen molar-refractivity contribution in [1.29, 1.82) is 5.26 Å². The molecule has 156 valence electrons. The first-order valence-electron chi connectivity index (χ1n) is 8.66. The summed E-state index contributed by atoms with van der Waals surface area (Å²) in [4.78, 5) is 24.2. The number of methoxy groups -OCH3 is 1. The van der Waals surface area contributed by atoms with E-state index in [1.54, 1.807) is 18.2 Å². The third kappa shape index (κ3) is 6.99. The van der Waals surface area contributed by atoms with Gasteiger partial charge >= 0.3 is 5.97 Å². The van der Waals surface area contributed by atoms with Crippen molar-refractivity contribution >= 4 is 46.8 Å². The highest BCUT2D eigenvalue weighted by Gasteiger charge is 2.17. The van der Waals surface area contributed by atoms with E-state index in [0.29, 0.717) is 32.8 Å². The van der Waals surface area contributed by atoms with Gasteiger partial charge in [0.05, 0.1) is 7.11 Å². The molecule has 0 aliphatic carbocycles. The standard InChI is InChI=1S/C21H18Cl2N2O5/c1-13(21(27)25-17-11-15(22)10-16(23)12-17)30-20(26)6-4-14-3-5-18(29-8-7-24)19(9-14)28-2/h3-6,9-13H,8H2,1-2H3,(H,25,27)/b6-4+. The molecule has 0 heterocycles. The van der Waals surface area contributed by atoms with Crippen LogP contribution in [0, 0.1) is 11.3 Å². The largest absolute Gasteiger partial charge is 0.493 e. The van der Waals surface area contributed by atoms with E-state index in [-0.39, 0.29) is 6.61 Å². The molecule has 0 aliphatic heterocycles. The quantitative estimate of drug-likeness (QED) is 0.471. The lowest BCUT2D eigenvalue weighted by molar-refractivity contribution is -0.148. The molecule has 0 fully saturated rings. The highest BCUT2D eigenvalue weighted by molar-refractivity contribution is 6.35. The molecule has 2 aromatic carbocycles. The molecule has 0 radical (unpaired) electrons. The molecular weight excluding hydrogens is 431 g/mol. The Hall–Kier alpha value is -3.21. The SMILES string of the molecule is COc1cc(/C=C/C(=O)OC(C)C(=O)Nc2cc(Cl)cc(Cl)c2)ccc1OCC#N. The van der Waals surface area contributed by atoms with Crippen molar-refractivity contribution in [3.05, 3.63) is 58.1 Å². The summed E-state index contributed by atoms with van der Waals surface area (Å²) in [6, 6.07) is 11.4. The average molecular weight is 449 g/mol. The van der Waals surface area contributed by atoms with Crippen LogP contribution in [0.5, 0.6) is 11.5 Å². The Balaban J connectivity index is 1.96. The molecule has 0 bridgehead atoms. The zero-order chi connectivity index (χ0) is 22.1. The zero-order valence-corrected chi connectivity index (χ0v) is 17.7. The highest BCUT2D eigenvalue weighted by atomic mass is 35.5. The molecule has 0 aliphatic rings. The van der Waals surface area contributed by atoms with Gasteiger partial charge in [0.25, 0.3) is 5.91 Å². The maximum atomic E-state index is 12.2. The molecule has 9 heteroatoms. The van der Waals surface area contributed by atoms with Gasteiger partial charge in [-0.2, -0.15) is 5.26 Å². The Kier molecular flexibility index (Phi) is 8.54. The van der Waals surface area contributed by atoms with Crippen LogP contribution >= 0.6 is 23.2 Å². The number of anilines is 1. The van der Waals surface area contributed by atoms with Crippen LogP contribution in [0.15, 0.2) is 42.5 Å². The normalized spacial score (nSPS) is 11.4. The van der Waals surface area contributed by atoms with Crippen molar-refractivity contribution in [2.45, 2.75) is 13.0 Å². The minimum atomic E-state index is -1.05. The number of nitrogens with one attached hydrogen (secondary N) is 1. The number of amides is 1. The van der Waals surface area contributed by atoms with Crippen LogP contribution in [0.1, 0.15) is 12.5 Å². The molecule has 2 rings (SSSR count). The molecule has 7 nitrogen and oxygen atoms in total. The fraction of sp³-hybridized carbons (Fsp3) is 0.190. The second-order valence-corrected chi connectivity index (χ2v) is 6.79. The molecule has 30 heavy (non-hydrogen) atoms. The second kappa shape index (κ2) is 11.1. The van der Waals surface area contributed by atoms with Crippen molar-refractivity contribution < 1.29 is 23.8 Å². The first-order chi connectivity index (χ1) is 14.3. The van der Waals surface area contributed by atoms with Crippen molar-refractivity contribution in [2.75, 3.05) is 19.0 Å². The number of benzene rings is 2. The van der Waals surface area contributed by atoms with E-state index < -0.39 is 18.0 Å². The van der Waals surface area contributed by atoms with Gasteiger partial charge in [0.15, 0.2) is 24.2 Å². The van der Waals surface area contributed by atoms with Crippen LogP contribution in [0.2, 0.25) is 10.0 Å².